The van der Waals surface area contributed by atoms with E-state index in [1.54, 1.807) is 31.1 Å². The number of fused-ring (bicyclic) bond motifs is 7. The molecular formula is C52H31N7O. The number of rotatable bonds is 6. The summed E-state index contributed by atoms with van der Waals surface area (Å²) in [6, 6.07) is 51.5. The average Bonchev–Trinajstić information content (AvgIpc) is 3.70. The van der Waals surface area contributed by atoms with E-state index in [1.165, 1.54) is 0 Å². The predicted octanol–water partition coefficient (Wildman–Crippen LogP) is 13.0. The lowest BCUT2D eigenvalue weighted by molar-refractivity contribution is 0.653. The average molecular weight is 770 g/mol. The van der Waals surface area contributed by atoms with Crippen LogP contribution in [0.4, 0.5) is 17.1 Å². The molecule has 8 nitrogen and oxygen atoms in total. The van der Waals surface area contributed by atoms with Crippen LogP contribution in [0, 0.1) is 0 Å². The Morgan fingerprint density at radius 1 is 0.400 bits per heavy atom. The van der Waals surface area contributed by atoms with Gasteiger partial charge in [0, 0.05) is 74.7 Å². The molecular weight excluding hydrogens is 739 g/mol. The van der Waals surface area contributed by atoms with E-state index in [0.29, 0.717) is 5.71 Å². The number of hydrogen-bond donors (Lipinski definition) is 0. The Bertz CT molecular complexity index is 3480. The van der Waals surface area contributed by atoms with Crippen molar-refractivity contribution in [3.8, 4) is 33.5 Å². The summed E-state index contributed by atoms with van der Waals surface area (Å²) in [6.07, 6.45) is 12.6. The molecule has 0 N–H and O–H groups in total. The lowest BCUT2D eigenvalue weighted by Gasteiger charge is -2.26. The molecule has 0 unspecified atom stereocenters. The van der Waals surface area contributed by atoms with Gasteiger partial charge in [0.25, 0.3) is 0 Å². The molecule has 0 aliphatic heterocycles. The molecule has 0 atom stereocenters. The first-order valence-electron chi connectivity index (χ1n) is 19.7. The van der Waals surface area contributed by atoms with Gasteiger partial charge in [0.1, 0.15) is 11.9 Å². The van der Waals surface area contributed by atoms with Crippen LogP contribution in [0.3, 0.4) is 0 Å². The molecule has 0 aliphatic rings. The largest absolute Gasteiger partial charge is 0.438 e. The zero-order valence-corrected chi connectivity index (χ0v) is 31.9. The minimum absolute atomic E-state index is 0.578. The highest BCUT2D eigenvalue weighted by Gasteiger charge is 2.18. The number of hydrogen-bond acceptors (Lipinski definition) is 8. The van der Waals surface area contributed by atoms with Crippen molar-refractivity contribution in [3.63, 3.8) is 0 Å². The second kappa shape index (κ2) is 13.6. The van der Waals surface area contributed by atoms with Crippen LogP contribution in [-0.4, -0.2) is 29.9 Å². The highest BCUT2D eigenvalue weighted by atomic mass is 16.3. The van der Waals surface area contributed by atoms with Gasteiger partial charge in [-0.2, -0.15) is 0 Å². The molecule has 8 heteroatoms. The van der Waals surface area contributed by atoms with Gasteiger partial charge in [0.15, 0.2) is 0 Å². The maximum absolute atomic E-state index is 6.09. The molecule has 0 saturated carbocycles. The lowest BCUT2D eigenvalue weighted by atomic mass is 9.99. The number of anilines is 3. The lowest BCUT2D eigenvalue weighted by Crippen LogP contribution is -2.10. The summed E-state index contributed by atoms with van der Waals surface area (Å²) >= 11 is 0. The molecule has 0 radical (unpaired) electrons. The number of nitrogens with zero attached hydrogens (tertiary/aromatic N) is 7. The van der Waals surface area contributed by atoms with Crippen molar-refractivity contribution in [1.82, 2.24) is 29.9 Å². The van der Waals surface area contributed by atoms with Gasteiger partial charge < -0.3 is 9.32 Å². The van der Waals surface area contributed by atoms with Crippen molar-refractivity contribution in [2.45, 2.75) is 0 Å². The zero-order valence-electron chi connectivity index (χ0n) is 31.9. The Hall–Kier alpha value is -8.36. The fraction of sp³-hybridized carbons (Fsp3) is 0. The fourth-order valence-electron chi connectivity index (χ4n) is 8.35. The topological polar surface area (TPSA) is 93.7 Å². The predicted molar refractivity (Wildman–Crippen MR) is 242 cm³/mol. The smallest absolute Gasteiger partial charge is 0.230 e. The van der Waals surface area contributed by atoms with Crippen LogP contribution in [-0.2, 0) is 0 Å². The van der Waals surface area contributed by atoms with E-state index in [-0.39, 0.29) is 0 Å². The Kier molecular flexibility index (Phi) is 7.67. The van der Waals surface area contributed by atoms with E-state index in [4.69, 9.17) is 9.40 Å². The number of furan rings is 1. The van der Waals surface area contributed by atoms with E-state index in [2.05, 4.69) is 145 Å². The van der Waals surface area contributed by atoms with Crippen LogP contribution >= 0.6 is 0 Å². The molecule has 0 spiro atoms. The SMILES string of the molecule is c1ccc2c(c1)oc1ncnc(-c3ccc(N(c4ccc5cc(-c6cnc7cnccc7c6)ccc5c4)c4ccc5cc(-c6cnc7cnccc7c6)ccc5c4)cc3)c12. The van der Waals surface area contributed by atoms with Crippen molar-refractivity contribution in [2.24, 2.45) is 0 Å². The first kappa shape index (κ1) is 33.7. The summed E-state index contributed by atoms with van der Waals surface area (Å²) < 4.78 is 6.09. The van der Waals surface area contributed by atoms with Gasteiger partial charge in [-0.3, -0.25) is 19.9 Å². The Balaban J connectivity index is 0.955. The number of para-hydroxylation sites is 1. The summed E-state index contributed by atoms with van der Waals surface area (Å²) in [4.78, 5) is 29.3. The highest BCUT2D eigenvalue weighted by Crippen LogP contribution is 2.41. The fourth-order valence-corrected chi connectivity index (χ4v) is 8.35. The monoisotopic (exact) mass is 769 g/mol. The third kappa shape index (κ3) is 5.77. The minimum Gasteiger partial charge on any atom is -0.438 e. The van der Waals surface area contributed by atoms with Gasteiger partial charge in [0.2, 0.25) is 5.71 Å². The molecule has 0 aliphatic carbocycles. The van der Waals surface area contributed by atoms with Gasteiger partial charge in [-0.15, -0.1) is 0 Å². The Labute approximate surface area is 343 Å². The molecule has 0 amide bonds. The molecule has 0 fully saturated rings. The van der Waals surface area contributed by atoms with Crippen molar-refractivity contribution in [3.05, 3.63) is 189 Å². The van der Waals surface area contributed by atoms with Gasteiger partial charge in [-0.1, -0.05) is 66.7 Å². The molecule has 12 rings (SSSR count). The molecule has 280 valence electrons. The molecule has 6 aromatic heterocycles. The van der Waals surface area contributed by atoms with Gasteiger partial charge >= 0.3 is 0 Å². The summed E-state index contributed by atoms with van der Waals surface area (Å²) in [5.74, 6) is 0. The van der Waals surface area contributed by atoms with Crippen LogP contribution in [0.2, 0.25) is 0 Å². The van der Waals surface area contributed by atoms with Crippen LogP contribution in [0.5, 0.6) is 0 Å². The Morgan fingerprint density at radius 3 is 1.57 bits per heavy atom. The zero-order chi connectivity index (χ0) is 39.6. The molecule has 0 bridgehead atoms. The minimum atomic E-state index is 0.578. The second-order valence-electron chi connectivity index (χ2n) is 15.0. The van der Waals surface area contributed by atoms with Gasteiger partial charge in [-0.05, 0) is 112 Å². The van der Waals surface area contributed by atoms with Gasteiger partial charge in [0.05, 0.1) is 34.5 Å². The summed E-state index contributed by atoms with van der Waals surface area (Å²) in [5.41, 5.74) is 12.4. The molecule has 60 heavy (non-hydrogen) atoms. The van der Waals surface area contributed by atoms with Crippen molar-refractivity contribution in [1.29, 1.82) is 0 Å². The number of pyridine rings is 4. The summed E-state index contributed by atoms with van der Waals surface area (Å²) in [5, 5.41) is 8.60. The van der Waals surface area contributed by atoms with E-state index in [0.717, 1.165) is 110 Å². The maximum atomic E-state index is 6.09. The Morgan fingerprint density at radius 2 is 0.933 bits per heavy atom. The number of aromatic nitrogens is 6. The van der Waals surface area contributed by atoms with E-state index in [9.17, 15) is 0 Å². The van der Waals surface area contributed by atoms with Crippen LogP contribution in [0.1, 0.15) is 0 Å². The van der Waals surface area contributed by atoms with E-state index in [1.807, 2.05) is 42.7 Å². The second-order valence-corrected chi connectivity index (χ2v) is 15.0. The standard InChI is InChI=1S/C52H31N7O/c1-2-4-49-46(3-1)50-51(57-31-58-52(50)60-49)32-9-13-43(14-10-32)59(44-15-11-33-21-35(5-7-37(33)25-44)41-23-39-17-19-53-29-47(39)55-27-41)45-16-12-34-22-36(6-8-38(34)26-45)42-24-40-18-20-54-30-48(40)56-28-42/h1-31H. The first-order valence-corrected chi connectivity index (χ1v) is 19.7. The summed E-state index contributed by atoms with van der Waals surface area (Å²) in [6.45, 7) is 0. The maximum Gasteiger partial charge on any atom is 0.230 e. The molecule has 0 saturated heterocycles. The quantitative estimate of drug-likeness (QED) is 0.165. The van der Waals surface area contributed by atoms with Crippen molar-refractivity contribution < 1.29 is 4.42 Å². The van der Waals surface area contributed by atoms with Crippen LogP contribution < -0.4 is 4.90 Å². The van der Waals surface area contributed by atoms with E-state index >= 15 is 0 Å². The van der Waals surface area contributed by atoms with Crippen molar-refractivity contribution >= 4 is 82.5 Å². The summed E-state index contributed by atoms with van der Waals surface area (Å²) in [7, 11) is 0. The van der Waals surface area contributed by atoms with Gasteiger partial charge in [-0.25, -0.2) is 9.97 Å². The first-order chi connectivity index (χ1) is 29.7. The third-order valence-corrected chi connectivity index (χ3v) is 11.4. The normalized spacial score (nSPS) is 11.7. The molecule has 6 heterocycles. The van der Waals surface area contributed by atoms with Crippen LogP contribution in [0.25, 0.3) is 98.9 Å². The molecule has 6 aromatic carbocycles. The van der Waals surface area contributed by atoms with Crippen LogP contribution in [0.15, 0.2) is 194 Å². The highest BCUT2D eigenvalue weighted by molar-refractivity contribution is 6.10. The molecule has 12 aromatic rings. The van der Waals surface area contributed by atoms with Crippen molar-refractivity contribution in [2.75, 3.05) is 4.90 Å². The van der Waals surface area contributed by atoms with E-state index < -0.39 is 0 Å². The third-order valence-electron chi connectivity index (χ3n) is 11.4. The number of benzene rings is 6.